The molecule has 1 saturated heterocycles. The van der Waals surface area contributed by atoms with Gasteiger partial charge in [-0.2, -0.15) is 11.3 Å². The molecule has 0 aliphatic carbocycles. The zero-order valence-corrected chi connectivity index (χ0v) is 14.1. The van der Waals surface area contributed by atoms with Crippen LogP contribution in [0.15, 0.2) is 16.8 Å². The van der Waals surface area contributed by atoms with E-state index in [1.165, 1.54) is 11.3 Å². The second kappa shape index (κ2) is 8.67. The smallest absolute Gasteiger partial charge is 0.310 e. The van der Waals surface area contributed by atoms with Crippen LogP contribution in [0.5, 0.6) is 0 Å². The van der Waals surface area contributed by atoms with Crippen LogP contribution in [0.4, 0.5) is 0 Å². The van der Waals surface area contributed by atoms with Gasteiger partial charge in [0.15, 0.2) is 0 Å². The van der Waals surface area contributed by atoms with Crippen molar-refractivity contribution in [1.82, 2.24) is 10.2 Å². The Labute approximate surface area is 139 Å². The highest BCUT2D eigenvalue weighted by Crippen LogP contribution is 2.18. The standard InChI is InChI=1S/C16H22N2O4S/c1-2-22-16(21)12-4-3-8-18(10-12)14(19)5-7-17-15(20)13-6-9-23-11-13/h6,9,11-12H,2-5,7-8,10H2,1H3,(H,17,20). The van der Waals surface area contributed by atoms with E-state index in [1.807, 2.05) is 5.38 Å². The van der Waals surface area contributed by atoms with Crippen molar-refractivity contribution in [2.75, 3.05) is 26.2 Å². The predicted molar refractivity (Wildman–Crippen MR) is 87.2 cm³/mol. The Morgan fingerprint density at radius 1 is 1.43 bits per heavy atom. The summed E-state index contributed by atoms with van der Waals surface area (Å²) in [5.74, 6) is -0.657. The van der Waals surface area contributed by atoms with Gasteiger partial charge in [0.25, 0.3) is 5.91 Å². The Bertz CT molecular complexity index is 544. The van der Waals surface area contributed by atoms with E-state index >= 15 is 0 Å². The Hall–Kier alpha value is -1.89. The van der Waals surface area contributed by atoms with Gasteiger partial charge in [0.2, 0.25) is 5.91 Å². The summed E-state index contributed by atoms with van der Waals surface area (Å²) in [5.41, 5.74) is 0.614. The lowest BCUT2D eigenvalue weighted by molar-refractivity contribution is -0.151. The van der Waals surface area contributed by atoms with Crippen LogP contribution in [0.1, 0.15) is 36.5 Å². The lowest BCUT2D eigenvalue weighted by Crippen LogP contribution is -2.43. The molecule has 1 N–H and O–H groups in total. The number of carbonyl (C=O) groups excluding carboxylic acids is 3. The average molecular weight is 338 g/mol. The first kappa shape index (κ1) is 17.5. The summed E-state index contributed by atoms with van der Waals surface area (Å²) in [4.78, 5) is 37.5. The minimum Gasteiger partial charge on any atom is -0.466 e. The molecular formula is C16H22N2O4S. The third-order valence-corrected chi connectivity index (χ3v) is 4.49. The number of piperidine rings is 1. The van der Waals surface area contributed by atoms with Crippen LogP contribution in [0.2, 0.25) is 0 Å². The summed E-state index contributed by atoms with van der Waals surface area (Å²) >= 11 is 1.46. The van der Waals surface area contributed by atoms with E-state index < -0.39 is 0 Å². The maximum atomic E-state index is 12.2. The molecule has 6 nitrogen and oxygen atoms in total. The molecule has 1 unspecified atom stereocenters. The summed E-state index contributed by atoms with van der Waals surface area (Å²) in [6.07, 6.45) is 1.80. The van der Waals surface area contributed by atoms with E-state index in [0.29, 0.717) is 31.8 Å². The molecule has 126 valence electrons. The number of carbonyl (C=O) groups is 3. The van der Waals surface area contributed by atoms with E-state index in [2.05, 4.69) is 5.32 Å². The van der Waals surface area contributed by atoms with Crippen molar-refractivity contribution in [3.8, 4) is 0 Å². The number of nitrogens with one attached hydrogen (secondary N) is 1. The molecule has 0 saturated carbocycles. The van der Waals surface area contributed by atoms with Gasteiger partial charge in [-0.3, -0.25) is 14.4 Å². The molecule has 1 fully saturated rings. The van der Waals surface area contributed by atoms with Gasteiger partial charge in [-0.05, 0) is 31.2 Å². The topological polar surface area (TPSA) is 75.7 Å². The van der Waals surface area contributed by atoms with Crippen molar-refractivity contribution in [2.24, 2.45) is 5.92 Å². The molecule has 2 rings (SSSR count). The molecule has 1 aromatic heterocycles. The van der Waals surface area contributed by atoms with Gasteiger partial charge in [-0.15, -0.1) is 0 Å². The predicted octanol–water partition coefficient (Wildman–Crippen LogP) is 1.67. The first-order valence-electron chi connectivity index (χ1n) is 7.86. The molecule has 0 spiro atoms. The van der Waals surface area contributed by atoms with E-state index in [9.17, 15) is 14.4 Å². The fraction of sp³-hybridized carbons (Fsp3) is 0.562. The second-order valence-corrected chi connectivity index (χ2v) is 6.23. The van der Waals surface area contributed by atoms with Crippen LogP contribution in [-0.4, -0.2) is 48.9 Å². The number of amides is 2. The Kier molecular flexibility index (Phi) is 6.58. The molecular weight excluding hydrogens is 316 g/mol. The number of likely N-dealkylation sites (tertiary alicyclic amines) is 1. The van der Waals surface area contributed by atoms with Crippen LogP contribution in [0, 0.1) is 5.92 Å². The summed E-state index contributed by atoms with van der Waals surface area (Å²) in [5, 5.41) is 6.34. The van der Waals surface area contributed by atoms with Crippen molar-refractivity contribution in [2.45, 2.75) is 26.2 Å². The fourth-order valence-electron chi connectivity index (χ4n) is 2.59. The number of thiophene rings is 1. The molecule has 2 heterocycles. The van der Waals surface area contributed by atoms with Crippen LogP contribution in [-0.2, 0) is 14.3 Å². The summed E-state index contributed by atoms with van der Waals surface area (Å²) < 4.78 is 5.03. The SMILES string of the molecule is CCOC(=O)C1CCCN(C(=O)CCNC(=O)c2ccsc2)C1. The van der Waals surface area contributed by atoms with Crippen LogP contribution < -0.4 is 5.32 Å². The fourth-order valence-corrected chi connectivity index (χ4v) is 3.23. The first-order valence-corrected chi connectivity index (χ1v) is 8.81. The Morgan fingerprint density at radius 3 is 2.96 bits per heavy atom. The minimum absolute atomic E-state index is 0.0374. The first-order chi connectivity index (χ1) is 11.1. The maximum Gasteiger partial charge on any atom is 0.310 e. The number of nitrogens with zero attached hydrogens (tertiary/aromatic N) is 1. The lowest BCUT2D eigenvalue weighted by Gasteiger charge is -2.31. The zero-order valence-electron chi connectivity index (χ0n) is 13.2. The number of ether oxygens (including phenoxy) is 1. The minimum atomic E-state index is -0.229. The van der Waals surface area contributed by atoms with E-state index in [4.69, 9.17) is 4.74 Å². The lowest BCUT2D eigenvalue weighted by atomic mass is 9.98. The third-order valence-electron chi connectivity index (χ3n) is 3.80. The molecule has 7 heteroatoms. The molecule has 23 heavy (non-hydrogen) atoms. The molecule has 1 atom stereocenters. The maximum absolute atomic E-state index is 12.2. The van der Waals surface area contributed by atoms with Gasteiger partial charge in [0.05, 0.1) is 12.5 Å². The van der Waals surface area contributed by atoms with Crippen molar-refractivity contribution in [1.29, 1.82) is 0 Å². The highest BCUT2D eigenvalue weighted by molar-refractivity contribution is 7.08. The van der Waals surface area contributed by atoms with E-state index in [1.54, 1.807) is 23.3 Å². The van der Waals surface area contributed by atoms with Gasteiger partial charge in [-0.25, -0.2) is 0 Å². The zero-order chi connectivity index (χ0) is 16.7. The van der Waals surface area contributed by atoms with Crippen molar-refractivity contribution in [3.63, 3.8) is 0 Å². The number of hydrogen-bond donors (Lipinski definition) is 1. The quantitative estimate of drug-likeness (QED) is 0.801. The molecule has 1 aliphatic heterocycles. The average Bonchev–Trinajstić information content (AvgIpc) is 3.09. The second-order valence-electron chi connectivity index (χ2n) is 5.45. The molecule has 0 radical (unpaired) electrons. The highest BCUT2D eigenvalue weighted by atomic mass is 32.1. The number of rotatable bonds is 6. The summed E-state index contributed by atoms with van der Waals surface area (Å²) in [6.45, 7) is 3.51. The van der Waals surface area contributed by atoms with Gasteiger partial charge in [0.1, 0.15) is 0 Å². The molecule has 0 bridgehead atoms. The van der Waals surface area contributed by atoms with Gasteiger partial charge < -0.3 is 15.0 Å². The number of esters is 1. The van der Waals surface area contributed by atoms with Gasteiger partial charge in [-0.1, -0.05) is 0 Å². The molecule has 2 amide bonds. The highest BCUT2D eigenvalue weighted by Gasteiger charge is 2.29. The van der Waals surface area contributed by atoms with Crippen molar-refractivity contribution < 1.29 is 19.1 Å². The molecule has 1 aromatic rings. The molecule has 1 aliphatic rings. The summed E-state index contributed by atoms with van der Waals surface area (Å²) in [6, 6.07) is 1.75. The third kappa shape index (κ3) is 5.06. The van der Waals surface area contributed by atoms with Crippen molar-refractivity contribution in [3.05, 3.63) is 22.4 Å². The van der Waals surface area contributed by atoms with Crippen LogP contribution >= 0.6 is 11.3 Å². The Morgan fingerprint density at radius 2 is 2.26 bits per heavy atom. The van der Waals surface area contributed by atoms with Crippen LogP contribution in [0.25, 0.3) is 0 Å². The van der Waals surface area contributed by atoms with E-state index in [-0.39, 0.29) is 30.1 Å². The van der Waals surface area contributed by atoms with E-state index in [0.717, 1.165) is 12.8 Å². The summed E-state index contributed by atoms with van der Waals surface area (Å²) in [7, 11) is 0. The number of hydrogen-bond acceptors (Lipinski definition) is 5. The van der Waals surface area contributed by atoms with Gasteiger partial charge >= 0.3 is 5.97 Å². The Balaban J connectivity index is 1.74. The van der Waals surface area contributed by atoms with Crippen molar-refractivity contribution >= 4 is 29.1 Å². The largest absolute Gasteiger partial charge is 0.466 e. The normalized spacial score (nSPS) is 17.6. The van der Waals surface area contributed by atoms with Gasteiger partial charge in [0, 0.05) is 37.0 Å². The molecule has 0 aromatic carbocycles. The monoisotopic (exact) mass is 338 g/mol. The van der Waals surface area contributed by atoms with Crippen LogP contribution in [0.3, 0.4) is 0 Å².